The van der Waals surface area contributed by atoms with Gasteiger partial charge < -0.3 is 4.74 Å². The van der Waals surface area contributed by atoms with Crippen molar-refractivity contribution in [2.75, 3.05) is 6.61 Å². The van der Waals surface area contributed by atoms with Gasteiger partial charge in [0.1, 0.15) is 5.60 Å². The van der Waals surface area contributed by atoms with Gasteiger partial charge in [-0.05, 0) is 48.2 Å². The Bertz CT molecular complexity index is 1080. The molecule has 4 aromatic rings. The molecule has 0 heterocycles. The molecule has 0 saturated heterocycles. The average molecular weight is 406 g/mol. The number of ether oxygens (including phenoxy) is 1. The molecule has 0 atom stereocenters. The Balaban J connectivity index is 1.74. The summed E-state index contributed by atoms with van der Waals surface area (Å²) < 4.78 is 6.53. The average Bonchev–Trinajstić information content (AvgIpc) is 2.84. The van der Waals surface area contributed by atoms with Crippen molar-refractivity contribution in [3.63, 3.8) is 0 Å². The van der Waals surface area contributed by atoms with Crippen molar-refractivity contribution in [2.45, 2.75) is 19.4 Å². The summed E-state index contributed by atoms with van der Waals surface area (Å²) in [5.74, 6) is 0. The minimum absolute atomic E-state index is 0.598. The summed E-state index contributed by atoms with van der Waals surface area (Å²) in [6, 6.07) is 37.6. The first-order valence-corrected chi connectivity index (χ1v) is 10.7. The van der Waals surface area contributed by atoms with E-state index in [2.05, 4.69) is 96.8 Å². The van der Waals surface area contributed by atoms with Crippen LogP contribution in [0.4, 0.5) is 5.69 Å². The van der Waals surface area contributed by atoms with Gasteiger partial charge in [-0.15, -0.1) is 0 Å². The molecule has 2 nitrogen and oxygen atoms in total. The smallest absolute Gasteiger partial charge is 0.143 e. The molecule has 0 bridgehead atoms. The van der Waals surface area contributed by atoms with Crippen LogP contribution in [-0.2, 0) is 10.3 Å². The Morgan fingerprint density at radius 1 is 0.677 bits per heavy atom. The Hall–Kier alpha value is -3.49. The SMILES string of the molecule is CCOC(c1ccccc1)(c1ccccc1)c1ccc(C=Nc2ccc(C)cc2)cc1. The lowest BCUT2D eigenvalue weighted by Gasteiger charge is -2.35. The van der Waals surface area contributed by atoms with E-state index in [1.54, 1.807) is 0 Å². The zero-order valence-electron chi connectivity index (χ0n) is 18.0. The van der Waals surface area contributed by atoms with E-state index in [9.17, 15) is 0 Å². The van der Waals surface area contributed by atoms with Crippen LogP contribution in [-0.4, -0.2) is 12.8 Å². The molecule has 0 amide bonds. The second-order valence-electron chi connectivity index (χ2n) is 7.56. The maximum Gasteiger partial charge on any atom is 0.143 e. The first kappa shape index (κ1) is 20.8. The van der Waals surface area contributed by atoms with Gasteiger partial charge in [0.15, 0.2) is 0 Å². The van der Waals surface area contributed by atoms with Gasteiger partial charge >= 0.3 is 0 Å². The van der Waals surface area contributed by atoms with Crippen LogP contribution >= 0.6 is 0 Å². The Morgan fingerprint density at radius 2 is 1.19 bits per heavy atom. The number of hydrogen-bond acceptors (Lipinski definition) is 2. The molecule has 0 aliphatic heterocycles. The van der Waals surface area contributed by atoms with E-state index in [0.717, 1.165) is 27.9 Å². The third kappa shape index (κ3) is 4.50. The highest BCUT2D eigenvalue weighted by Gasteiger charge is 2.37. The van der Waals surface area contributed by atoms with Crippen molar-refractivity contribution in [3.8, 4) is 0 Å². The van der Waals surface area contributed by atoms with Crippen LogP contribution in [0.25, 0.3) is 0 Å². The van der Waals surface area contributed by atoms with Crippen LogP contribution in [0.15, 0.2) is 114 Å². The van der Waals surface area contributed by atoms with Crippen LogP contribution in [0, 0.1) is 6.92 Å². The molecule has 0 aliphatic carbocycles. The number of rotatable bonds is 7. The van der Waals surface area contributed by atoms with Crippen molar-refractivity contribution in [3.05, 3.63) is 137 Å². The fraction of sp³-hybridized carbons (Fsp3) is 0.138. The van der Waals surface area contributed by atoms with Gasteiger partial charge in [-0.1, -0.05) is 103 Å². The Labute approximate surface area is 184 Å². The van der Waals surface area contributed by atoms with Crippen LogP contribution in [0.1, 0.15) is 34.7 Å². The van der Waals surface area contributed by atoms with Crippen molar-refractivity contribution in [1.82, 2.24) is 0 Å². The third-order valence-corrected chi connectivity index (χ3v) is 5.44. The standard InChI is InChI=1S/C29H27NO/c1-3-31-29(25-10-6-4-7-11-25,26-12-8-5-9-13-26)27-18-16-24(17-19-27)22-30-28-20-14-23(2)15-21-28/h4-22H,3H2,1-2H3. The fourth-order valence-electron chi connectivity index (χ4n) is 3.90. The van der Waals surface area contributed by atoms with E-state index >= 15 is 0 Å². The first-order valence-electron chi connectivity index (χ1n) is 10.7. The molecular formula is C29H27NO. The van der Waals surface area contributed by atoms with E-state index in [4.69, 9.17) is 4.74 Å². The number of benzene rings is 4. The van der Waals surface area contributed by atoms with Gasteiger partial charge in [-0.3, -0.25) is 4.99 Å². The van der Waals surface area contributed by atoms with Crippen LogP contribution in [0.2, 0.25) is 0 Å². The number of aliphatic imine (C=N–C) groups is 1. The fourth-order valence-corrected chi connectivity index (χ4v) is 3.90. The monoisotopic (exact) mass is 405 g/mol. The van der Waals surface area contributed by atoms with Crippen molar-refractivity contribution >= 4 is 11.9 Å². The highest BCUT2D eigenvalue weighted by molar-refractivity contribution is 5.82. The molecule has 0 radical (unpaired) electrons. The summed E-state index contributed by atoms with van der Waals surface area (Å²) >= 11 is 0. The summed E-state index contributed by atoms with van der Waals surface area (Å²) in [6.07, 6.45) is 1.90. The maximum absolute atomic E-state index is 6.53. The molecule has 2 heteroatoms. The molecule has 4 aromatic carbocycles. The summed E-state index contributed by atoms with van der Waals surface area (Å²) in [5, 5.41) is 0. The highest BCUT2D eigenvalue weighted by Crippen LogP contribution is 2.40. The van der Waals surface area contributed by atoms with Gasteiger partial charge in [0.05, 0.1) is 5.69 Å². The van der Waals surface area contributed by atoms with E-state index in [1.165, 1.54) is 5.56 Å². The van der Waals surface area contributed by atoms with E-state index in [-0.39, 0.29) is 0 Å². The molecule has 0 unspecified atom stereocenters. The molecule has 0 aliphatic rings. The predicted octanol–water partition coefficient (Wildman–Crippen LogP) is 7.07. The largest absolute Gasteiger partial charge is 0.361 e. The van der Waals surface area contributed by atoms with E-state index in [0.29, 0.717) is 6.61 Å². The lowest BCUT2D eigenvalue weighted by Crippen LogP contribution is -2.32. The number of nitrogens with zero attached hydrogens (tertiary/aromatic N) is 1. The summed E-state index contributed by atoms with van der Waals surface area (Å²) in [6.45, 7) is 4.72. The third-order valence-electron chi connectivity index (χ3n) is 5.44. The second-order valence-corrected chi connectivity index (χ2v) is 7.56. The summed E-state index contributed by atoms with van der Waals surface area (Å²) in [7, 11) is 0. The molecule has 154 valence electrons. The molecule has 0 spiro atoms. The van der Waals surface area contributed by atoms with Crippen LogP contribution in [0.3, 0.4) is 0 Å². The van der Waals surface area contributed by atoms with E-state index in [1.807, 2.05) is 37.4 Å². The molecule has 0 fully saturated rings. The Kier molecular flexibility index (Phi) is 6.40. The minimum Gasteiger partial charge on any atom is -0.361 e. The number of hydrogen-bond donors (Lipinski definition) is 0. The molecule has 0 N–H and O–H groups in total. The number of aryl methyl sites for hydroxylation is 1. The summed E-state index contributed by atoms with van der Waals surface area (Å²) in [4.78, 5) is 4.61. The van der Waals surface area contributed by atoms with Crippen molar-refractivity contribution in [2.24, 2.45) is 4.99 Å². The minimum atomic E-state index is -0.663. The lowest BCUT2D eigenvalue weighted by atomic mass is 9.80. The zero-order chi connectivity index (χ0) is 21.5. The second kappa shape index (κ2) is 9.55. The lowest BCUT2D eigenvalue weighted by molar-refractivity contribution is 0.0216. The molecular weight excluding hydrogens is 378 g/mol. The first-order chi connectivity index (χ1) is 15.2. The normalized spacial score (nSPS) is 11.7. The predicted molar refractivity (Wildman–Crippen MR) is 129 cm³/mol. The van der Waals surface area contributed by atoms with Gasteiger partial charge in [-0.2, -0.15) is 0 Å². The quantitative estimate of drug-likeness (QED) is 0.238. The van der Waals surface area contributed by atoms with Crippen molar-refractivity contribution < 1.29 is 4.74 Å². The zero-order valence-corrected chi connectivity index (χ0v) is 18.0. The van der Waals surface area contributed by atoms with Gasteiger partial charge in [0.25, 0.3) is 0 Å². The topological polar surface area (TPSA) is 21.6 Å². The Morgan fingerprint density at radius 3 is 1.71 bits per heavy atom. The molecule has 0 saturated carbocycles. The molecule has 0 aromatic heterocycles. The van der Waals surface area contributed by atoms with Gasteiger partial charge in [0, 0.05) is 12.8 Å². The van der Waals surface area contributed by atoms with Crippen LogP contribution in [0.5, 0.6) is 0 Å². The highest BCUT2D eigenvalue weighted by atomic mass is 16.5. The van der Waals surface area contributed by atoms with Crippen LogP contribution < -0.4 is 0 Å². The van der Waals surface area contributed by atoms with Crippen molar-refractivity contribution in [1.29, 1.82) is 0 Å². The van der Waals surface area contributed by atoms with Gasteiger partial charge in [-0.25, -0.2) is 0 Å². The summed E-state index contributed by atoms with van der Waals surface area (Å²) in [5.41, 5.74) is 5.90. The molecule has 4 rings (SSSR count). The van der Waals surface area contributed by atoms with Gasteiger partial charge in [0.2, 0.25) is 0 Å². The maximum atomic E-state index is 6.53. The molecule has 31 heavy (non-hydrogen) atoms. The van der Waals surface area contributed by atoms with E-state index < -0.39 is 5.60 Å².